The lowest BCUT2D eigenvalue weighted by atomic mass is 9.86. The Labute approximate surface area is 174 Å². The summed E-state index contributed by atoms with van der Waals surface area (Å²) in [7, 11) is 1.62. The van der Waals surface area contributed by atoms with Crippen LogP contribution >= 0.6 is 0 Å². The summed E-state index contributed by atoms with van der Waals surface area (Å²) in [5.41, 5.74) is 1.97. The zero-order valence-corrected chi connectivity index (χ0v) is 18.2. The zero-order valence-electron chi connectivity index (χ0n) is 18.2. The normalized spacial score (nSPS) is 11.1. The number of hydrogen-bond donors (Lipinski definition) is 1. The van der Waals surface area contributed by atoms with Crippen LogP contribution in [0.15, 0.2) is 42.5 Å². The van der Waals surface area contributed by atoms with E-state index in [9.17, 15) is 4.79 Å². The Balaban J connectivity index is 1.90. The molecule has 0 aliphatic carbocycles. The molecule has 1 amide bonds. The van der Waals surface area contributed by atoms with Crippen LogP contribution in [0.1, 0.15) is 51.7 Å². The summed E-state index contributed by atoms with van der Waals surface area (Å²) < 4.78 is 16.9. The van der Waals surface area contributed by atoms with Gasteiger partial charge in [0.15, 0.2) is 18.1 Å². The van der Waals surface area contributed by atoms with Crippen molar-refractivity contribution in [2.24, 2.45) is 0 Å². The molecule has 0 saturated heterocycles. The van der Waals surface area contributed by atoms with Crippen LogP contribution in [0.5, 0.6) is 17.2 Å². The van der Waals surface area contributed by atoms with E-state index in [1.165, 1.54) is 0 Å². The van der Waals surface area contributed by atoms with Gasteiger partial charge in [0.1, 0.15) is 5.75 Å². The van der Waals surface area contributed by atoms with Gasteiger partial charge in [0.05, 0.1) is 13.7 Å². The largest absolute Gasteiger partial charge is 0.493 e. The molecular weight excluding hydrogens is 366 g/mol. The van der Waals surface area contributed by atoms with Crippen LogP contribution < -0.4 is 19.5 Å². The van der Waals surface area contributed by atoms with E-state index in [-0.39, 0.29) is 17.9 Å². The van der Waals surface area contributed by atoms with Gasteiger partial charge >= 0.3 is 0 Å². The molecule has 0 bridgehead atoms. The number of hydrogen-bond acceptors (Lipinski definition) is 4. The van der Waals surface area contributed by atoms with Crippen LogP contribution in [0.25, 0.3) is 0 Å². The maximum atomic E-state index is 12.3. The Morgan fingerprint density at radius 3 is 2.45 bits per heavy atom. The molecule has 158 valence electrons. The molecule has 0 fully saturated rings. The van der Waals surface area contributed by atoms with Crippen LogP contribution in [0.4, 0.5) is 0 Å². The topological polar surface area (TPSA) is 56.8 Å². The first-order chi connectivity index (χ1) is 13.8. The van der Waals surface area contributed by atoms with Crippen LogP contribution in [-0.4, -0.2) is 26.2 Å². The molecule has 0 heterocycles. The second-order valence-corrected chi connectivity index (χ2v) is 8.00. The van der Waals surface area contributed by atoms with E-state index >= 15 is 0 Å². The summed E-state index contributed by atoms with van der Waals surface area (Å²) in [6, 6.07) is 13.5. The van der Waals surface area contributed by atoms with E-state index in [1.807, 2.05) is 42.5 Å². The number of carbonyl (C=O) groups is 1. The first-order valence-electron chi connectivity index (χ1n) is 10.1. The van der Waals surface area contributed by atoms with Crippen molar-refractivity contribution in [2.45, 2.75) is 52.5 Å². The van der Waals surface area contributed by atoms with Gasteiger partial charge in [0.2, 0.25) is 0 Å². The van der Waals surface area contributed by atoms with Crippen LogP contribution in [-0.2, 0) is 16.8 Å². The minimum absolute atomic E-state index is 0.0254. The predicted octanol–water partition coefficient (Wildman–Crippen LogP) is 4.87. The third kappa shape index (κ3) is 7.00. The molecule has 2 aromatic carbocycles. The number of carbonyl (C=O) groups excluding carboxylic acids is 1. The number of nitrogens with one attached hydrogen (secondary N) is 1. The average molecular weight is 400 g/mol. The van der Waals surface area contributed by atoms with Gasteiger partial charge in [-0.05, 0) is 41.2 Å². The highest BCUT2D eigenvalue weighted by Gasteiger charge is 2.18. The molecule has 0 aromatic heterocycles. The first-order valence-corrected chi connectivity index (χ1v) is 10.1. The Bertz CT molecular complexity index is 796. The summed E-state index contributed by atoms with van der Waals surface area (Å²) in [4.78, 5) is 12.3. The summed E-state index contributed by atoms with van der Waals surface area (Å²) in [5, 5.41) is 2.89. The molecule has 0 spiro atoms. The fraction of sp³-hybridized carbons (Fsp3) is 0.458. The second kappa shape index (κ2) is 10.7. The molecule has 0 unspecified atom stereocenters. The molecule has 1 N–H and O–H groups in total. The van der Waals surface area contributed by atoms with Crippen molar-refractivity contribution >= 4 is 5.91 Å². The Morgan fingerprint density at radius 2 is 1.76 bits per heavy atom. The van der Waals surface area contributed by atoms with Gasteiger partial charge in [-0.3, -0.25) is 4.79 Å². The van der Waals surface area contributed by atoms with E-state index in [1.54, 1.807) is 7.11 Å². The molecule has 0 aliphatic rings. The molecule has 2 rings (SSSR count). The minimum Gasteiger partial charge on any atom is -0.493 e. The number of amides is 1. The maximum absolute atomic E-state index is 12.3. The molecule has 5 heteroatoms. The summed E-state index contributed by atoms with van der Waals surface area (Å²) in [6.07, 6.45) is 2.08. The van der Waals surface area contributed by atoms with Crippen molar-refractivity contribution in [1.29, 1.82) is 0 Å². The van der Waals surface area contributed by atoms with Crippen molar-refractivity contribution < 1.29 is 19.0 Å². The van der Waals surface area contributed by atoms with Crippen molar-refractivity contribution in [3.05, 3.63) is 53.6 Å². The fourth-order valence-electron chi connectivity index (χ4n) is 2.87. The fourth-order valence-corrected chi connectivity index (χ4v) is 2.87. The smallest absolute Gasteiger partial charge is 0.258 e. The van der Waals surface area contributed by atoms with E-state index in [0.29, 0.717) is 18.9 Å². The predicted molar refractivity (Wildman–Crippen MR) is 116 cm³/mol. The summed E-state index contributed by atoms with van der Waals surface area (Å²) in [6.45, 7) is 9.53. The zero-order chi connectivity index (χ0) is 21.3. The molecular formula is C24H33NO4. The lowest BCUT2D eigenvalue weighted by Gasteiger charge is -2.22. The van der Waals surface area contributed by atoms with E-state index in [2.05, 4.69) is 33.0 Å². The van der Waals surface area contributed by atoms with Crippen molar-refractivity contribution in [3.63, 3.8) is 0 Å². The Kier molecular flexibility index (Phi) is 8.37. The van der Waals surface area contributed by atoms with Crippen molar-refractivity contribution in [3.8, 4) is 17.2 Å². The Hall–Kier alpha value is -2.69. The van der Waals surface area contributed by atoms with Gasteiger partial charge < -0.3 is 19.5 Å². The first kappa shape index (κ1) is 22.6. The third-order valence-corrected chi connectivity index (χ3v) is 4.53. The maximum Gasteiger partial charge on any atom is 0.258 e. The second-order valence-electron chi connectivity index (χ2n) is 8.00. The van der Waals surface area contributed by atoms with Crippen LogP contribution in [0.3, 0.4) is 0 Å². The van der Waals surface area contributed by atoms with Gasteiger partial charge in [0, 0.05) is 6.54 Å². The lowest BCUT2D eigenvalue weighted by Crippen LogP contribution is -2.29. The monoisotopic (exact) mass is 399 g/mol. The van der Waals surface area contributed by atoms with E-state index in [4.69, 9.17) is 14.2 Å². The molecule has 0 radical (unpaired) electrons. The highest BCUT2D eigenvalue weighted by atomic mass is 16.5. The van der Waals surface area contributed by atoms with E-state index < -0.39 is 0 Å². The van der Waals surface area contributed by atoms with Crippen LogP contribution in [0.2, 0.25) is 0 Å². The van der Waals surface area contributed by atoms with Gasteiger partial charge in [0.25, 0.3) is 5.91 Å². The molecule has 0 atom stereocenters. The highest BCUT2D eigenvalue weighted by molar-refractivity contribution is 5.77. The lowest BCUT2D eigenvalue weighted by molar-refractivity contribution is -0.123. The Morgan fingerprint density at radius 1 is 1.00 bits per heavy atom. The number of rotatable bonds is 10. The quantitative estimate of drug-likeness (QED) is 0.579. The standard InChI is InChI=1S/C24H33NO4/c1-6-7-14-28-21-13-12-18(15-22(21)27-5)16-25-23(26)17-29-20-11-9-8-10-19(20)24(2,3)4/h8-13,15H,6-7,14,16-17H2,1-5H3,(H,25,26). The average Bonchev–Trinajstić information content (AvgIpc) is 2.71. The number of unbranched alkanes of at least 4 members (excludes halogenated alkanes) is 1. The van der Waals surface area contributed by atoms with Crippen LogP contribution in [0, 0.1) is 0 Å². The number of ether oxygens (including phenoxy) is 3. The van der Waals surface area contributed by atoms with Gasteiger partial charge in [-0.15, -0.1) is 0 Å². The SMILES string of the molecule is CCCCOc1ccc(CNC(=O)COc2ccccc2C(C)(C)C)cc1OC. The summed E-state index contributed by atoms with van der Waals surface area (Å²) in [5.74, 6) is 1.96. The molecule has 29 heavy (non-hydrogen) atoms. The van der Waals surface area contributed by atoms with Gasteiger partial charge in [-0.25, -0.2) is 0 Å². The third-order valence-electron chi connectivity index (χ3n) is 4.53. The van der Waals surface area contributed by atoms with Gasteiger partial charge in [-0.2, -0.15) is 0 Å². The molecule has 5 nitrogen and oxygen atoms in total. The van der Waals surface area contributed by atoms with E-state index in [0.717, 1.165) is 35.5 Å². The van der Waals surface area contributed by atoms with Crippen molar-refractivity contribution in [1.82, 2.24) is 5.32 Å². The minimum atomic E-state index is -0.170. The molecule has 2 aromatic rings. The summed E-state index contributed by atoms with van der Waals surface area (Å²) >= 11 is 0. The molecule has 0 saturated carbocycles. The highest BCUT2D eigenvalue weighted by Crippen LogP contribution is 2.31. The number of benzene rings is 2. The number of para-hydroxylation sites is 1. The van der Waals surface area contributed by atoms with Gasteiger partial charge in [-0.1, -0.05) is 58.4 Å². The van der Waals surface area contributed by atoms with Crippen molar-refractivity contribution in [2.75, 3.05) is 20.3 Å². The number of methoxy groups -OCH3 is 1. The molecule has 0 aliphatic heterocycles.